The Hall–Kier alpha value is -3.01. The van der Waals surface area contributed by atoms with Gasteiger partial charge in [0.15, 0.2) is 17.3 Å². The summed E-state index contributed by atoms with van der Waals surface area (Å²) < 4.78 is 10.3. The van der Waals surface area contributed by atoms with Gasteiger partial charge in [-0.15, -0.1) is 5.10 Å². The summed E-state index contributed by atoms with van der Waals surface area (Å²) in [5, 5.41) is 31.0. The minimum absolute atomic E-state index is 0.0492. The number of benzene rings is 1. The number of anilines is 1. The lowest BCUT2D eigenvalue weighted by Gasteiger charge is -2.14. The van der Waals surface area contributed by atoms with E-state index < -0.39 is 0 Å². The number of rotatable bonds is 7. The molecule has 1 aromatic carbocycles. The van der Waals surface area contributed by atoms with Crippen LogP contribution in [-0.4, -0.2) is 29.5 Å². The summed E-state index contributed by atoms with van der Waals surface area (Å²) in [6.07, 6.45) is 1.45. The van der Waals surface area contributed by atoms with Crippen LogP contribution in [0, 0.1) is 11.3 Å². The van der Waals surface area contributed by atoms with E-state index in [0.717, 1.165) is 29.7 Å². The maximum absolute atomic E-state index is 9.97. The predicted molar refractivity (Wildman–Crippen MR) is 94.0 cm³/mol. The number of aromatic nitrogens is 2. The first-order valence-electron chi connectivity index (χ1n) is 8.05. The zero-order chi connectivity index (χ0) is 18.4. The van der Waals surface area contributed by atoms with Crippen LogP contribution in [-0.2, 0) is 19.4 Å². The van der Waals surface area contributed by atoms with E-state index in [9.17, 15) is 10.4 Å². The van der Waals surface area contributed by atoms with Crippen molar-refractivity contribution in [1.29, 1.82) is 5.26 Å². The fraction of sp³-hybridized carbons (Fsp3) is 0.389. The largest absolute Gasteiger partial charge is 0.502 e. The van der Waals surface area contributed by atoms with Crippen molar-refractivity contribution < 1.29 is 14.6 Å². The lowest BCUT2D eigenvalue weighted by molar-refractivity contribution is 0.339. The molecule has 0 amide bonds. The molecule has 0 saturated carbocycles. The van der Waals surface area contributed by atoms with Gasteiger partial charge >= 0.3 is 0 Å². The van der Waals surface area contributed by atoms with Crippen molar-refractivity contribution in [1.82, 2.24) is 10.2 Å². The number of hydrogen-bond acceptors (Lipinski definition) is 7. The number of aromatic hydroxyl groups is 1. The van der Waals surface area contributed by atoms with E-state index in [4.69, 9.17) is 9.47 Å². The number of methoxy groups -OCH3 is 2. The second-order valence-electron chi connectivity index (χ2n) is 5.37. The van der Waals surface area contributed by atoms with Gasteiger partial charge in [0.2, 0.25) is 5.75 Å². The Bertz CT molecular complexity index is 775. The topological polar surface area (TPSA) is 100 Å². The average Bonchev–Trinajstić information content (AvgIpc) is 2.65. The molecule has 0 saturated heterocycles. The quantitative estimate of drug-likeness (QED) is 0.798. The van der Waals surface area contributed by atoms with Crippen molar-refractivity contribution in [3.63, 3.8) is 0 Å². The maximum atomic E-state index is 9.97. The second-order valence-corrected chi connectivity index (χ2v) is 5.37. The molecule has 25 heavy (non-hydrogen) atoms. The molecule has 7 heteroatoms. The van der Waals surface area contributed by atoms with Crippen molar-refractivity contribution >= 4 is 5.82 Å². The van der Waals surface area contributed by atoms with Gasteiger partial charge in [-0.1, -0.05) is 13.8 Å². The zero-order valence-electron chi connectivity index (χ0n) is 14.9. The normalized spacial score (nSPS) is 10.2. The number of hydrogen-bond donors (Lipinski definition) is 2. The third-order valence-corrected chi connectivity index (χ3v) is 3.96. The van der Waals surface area contributed by atoms with Gasteiger partial charge in [0.1, 0.15) is 11.6 Å². The number of phenolic OH excluding ortho intramolecular Hbond substituents is 1. The van der Waals surface area contributed by atoms with E-state index >= 15 is 0 Å². The summed E-state index contributed by atoms with van der Waals surface area (Å²) in [5.74, 6) is 1.03. The van der Waals surface area contributed by atoms with E-state index in [1.807, 2.05) is 13.8 Å². The number of nitrogens with one attached hydrogen (secondary N) is 1. The van der Waals surface area contributed by atoms with Crippen LogP contribution in [0.2, 0.25) is 0 Å². The number of phenols is 1. The maximum Gasteiger partial charge on any atom is 0.200 e. The van der Waals surface area contributed by atoms with Crippen LogP contribution in [0.3, 0.4) is 0 Å². The van der Waals surface area contributed by atoms with Gasteiger partial charge in [0, 0.05) is 6.54 Å². The van der Waals surface area contributed by atoms with Gasteiger partial charge in [-0.25, -0.2) is 0 Å². The third kappa shape index (κ3) is 3.74. The summed E-state index contributed by atoms with van der Waals surface area (Å²) in [6.45, 7) is 4.37. The molecule has 0 atom stereocenters. The summed E-state index contributed by atoms with van der Waals surface area (Å²) in [6, 6.07) is 5.63. The second kappa shape index (κ2) is 8.20. The van der Waals surface area contributed by atoms with E-state index in [1.54, 1.807) is 12.1 Å². The monoisotopic (exact) mass is 342 g/mol. The van der Waals surface area contributed by atoms with Crippen LogP contribution >= 0.6 is 0 Å². The van der Waals surface area contributed by atoms with Crippen LogP contribution in [0.4, 0.5) is 5.82 Å². The van der Waals surface area contributed by atoms with Gasteiger partial charge in [0.25, 0.3) is 0 Å². The first kappa shape index (κ1) is 18.3. The SMILES string of the molecule is CCc1nnc(NCc2cc(OC)c(O)c(OC)c2)c(C#N)c1CC. The first-order valence-corrected chi connectivity index (χ1v) is 8.05. The fourth-order valence-corrected chi connectivity index (χ4v) is 2.65. The molecule has 1 aromatic heterocycles. The molecule has 7 nitrogen and oxygen atoms in total. The average molecular weight is 342 g/mol. The number of nitriles is 1. The highest BCUT2D eigenvalue weighted by molar-refractivity contribution is 5.58. The molecule has 0 aliphatic rings. The van der Waals surface area contributed by atoms with Crippen molar-refractivity contribution in [2.45, 2.75) is 33.2 Å². The van der Waals surface area contributed by atoms with Crippen molar-refractivity contribution in [3.05, 3.63) is 34.5 Å². The molecular weight excluding hydrogens is 320 g/mol. The van der Waals surface area contributed by atoms with E-state index in [0.29, 0.717) is 29.4 Å². The van der Waals surface area contributed by atoms with E-state index in [2.05, 4.69) is 21.6 Å². The highest BCUT2D eigenvalue weighted by Gasteiger charge is 2.15. The van der Waals surface area contributed by atoms with Gasteiger partial charge < -0.3 is 19.9 Å². The number of aryl methyl sites for hydroxylation is 1. The Kier molecular flexibility index (Phi) is 6.01. The number of ether oxygens (including phenoxy) is 2. The summed E-state index contributed by atoms with van der Waals surface area (Å²) >= 11 is 0. The van der Waals surface area contributed by atoms with Gasteiger partial charge in [0.05, 0.1) is 19.9 Å². The molecule has 0 spiro atoms. The van der Waals surface area contributed by atoms with Crippen molar-refractivity contribution in [3.8, 4) is 23.3 Å². The van der Waals surface area contributed by atoms with E-state index in [-0.39, 0.29) is 5.75 Å². The summed E-state index contributed by atoms with van der Waals surface area (Å²) in [7, 11) is 2.95. The molecule has 1 heterocycles. The standard InChI is InChI=1S/C18H22N4O3/c1-5-12-13(9-19)18(22-21-14(12)6-2)20-10-11-7-15(24-3)17(23)16(8-11)25-4/h7-8,23H,5-6,10H2,1-4H3,(H,20,22). The lowest BCUT2D eigenvalue weighted by atomic mass is 10.0. The van der Waals surface area contributed by atoms with Crippen LogP contribution in [0.1, 0.15) is 36.2 Å². The molecule has 2 rings (SSSR count). The zero-order valence-corrected chi connectivity index (χ0v) is 14.9. The Labute approximate surface area is 147 Å². The smallest absolute Gasteiger partial charge is 0.200 e. The Morgan fingerprint density at radius 2 is 1.76 bits per heavy atom. The summed E-state index contributed by atoms with van der Waals surface area (Å²) in [5.41, 5.74) is 3.10. The highest BCUT2D eigenvalue weighted by atomic mass is 16.5. The van der Waals surface area contributed by atoms with Crippen LogP contribution in [0.15, 0.2) is 12.1 Å². The molecule has 2 aromatic rings. The Morgan fingerprint density at radius 3 is 2.24 bits per heavy atom. The van der Waals surface area contributed by atoms with Crippen LogP contribution in [0.25, 0.3) is 0 Å². The van der Waals surface area contributed by atoms with Gasteiger partial charge in [-0.3, -0.25) is 0 Å². The fourth-order valence-electron chi connectivity index (χ4n) is 2.65. The van der Waals surface area contributed by atoms with Crippen LogP contribution < -0.4 is 14.8 Å². The molecule has 0 bridgehead atoms. The third-order valence-electron chi connectivity index (χ3n) is 3.96. The molecule has 0 unspecified atom stereocenters. The minimum Gasteiger partial charge on any atom is -0.502 e. The minimum atomic E-state index is -0.0492. The summed E-state index contributed by atoms with van der Waals surface area (Å²) in [4.78, 5) is 0. The van der Waals surface area contributed by atoms with Gasteiger partial charge in [-0.05, 0) is 36.1 Å². The first-order chi connectivity index (χ1) is 12.1. The molecular formula is C18H22N4O3. The molecule has 132 valence electrons. The predicted octanol–water partition coefficient (Wildman–Crippen LogP) is 2.81. The number of nitrogens with zero attached hydrogens (tertiary/aromatic N) is 3. The van der Waals surface area contributed by atoms with Crippen molar-refractivity contribution in [2.24, 2.45) is 0 Å². The molecule has 0 aliphatic carbocycles. The molecule has 2 N–H and O–H groups in total. The molecule has 0 aliphatic heterocycles. The molecule has 0 radical (unpaired) electrons. The Morgan fingerprint density at radius 1 is 1.12 bits per heavy atom. The van der Waals surface area contributed by atoms with E-state index in [1.165, 1.54) is 14.2 Å². The highest BCUT2D eigenvalue weighted by Crippen LogP contribution is 2.37. The Balaban J connectivity index is 2.32. The van der Waals surface area contributed by atoms with Crippen LogP contribution in [0.5, 0.6) is 17.2 Å². The molecule has 0 fully saturated rings. The van der Waals surface area contributed by atoms with Crippen molar-refractivity contribution in [2.75, 3.05) is 19.5 Å². The lowest BCUT2D eigenvalue weighted by Crippen LogP contribution is -2.10. The van der Waals surface area contributed by atoms with Gasteiger partial charge in [-0.2, -0.15) is 10.4 Å².